The van der Waals surface area contributed by atoms with E-state index in [1.165, 1.54) is 26.8 Å². The molecule has 0 aliphatic carbocycles. The van der Waals surface area contributed by atoms with Gasteiger partial charge in [0.25, 0.3) is 0 Å². The van der Waals surface area contributed by atoms with Gasteiger partial charge in [-0.1, -0.05) is 0 Å². The molecular formula is C15H24FIn. The Morgan fingerprint density at radius 1 is 1.06 bits per heavy atom. The first kappa shape index (κ1) is 15.1. The molecular weight excluding hydrogens is 314 g/mol. The molecule has 0 heterocycles. The van der Waals surface area contributed by atoms with Gasteiger partial charge in [0.2, 0.25) is 0 Å². The number of aryl methyl sites for hydroxylation is 1. The van der Waals surface area contributed by atoms with E-state index in [0.717, 1.165) is 6.42 Å². The van der Waals surface area contributed by atoms with Crippen LogP contribution in [0.1, 0.15) is 38.7 Å². The average molecular weight is 338 g/mol. The molecule has 0 N–H and O–H groups in total. The van der Waals surface area contributed by atoms with Crippen LogP contribution in [0.5, 0.6) is 0 Å². The van der Waals surface area contributed by atoms with Crippen molar-refractivity contribution < 1.29 is 4.39 Å². The number of rotatable bonds is 8. The van der Waals surface area contributed by atoms with Crippen LogP contribution in [-0.4, -0.2) is 28.1 Å². The first-order valence-corrected chi connectivity index (χ1v) is 13.3. The van der Waals surface area contributed by atoms with Crippen molar-refractivity contribution in [2.75, 3.05) is 6.67 Å². The second-order valence-corrected chi connectivity index (χ2v) is 13.8. The Labute approximate surface area is 113 Å². The van der Waals surface area contributed by atoms with Gasteiger partial charge in [0.05, 0.1) is 0 Å². The van der Waals surface area contributed by atoms with Crippen LogP contribution in [0, 0.1) is 0 Å². The summed E-state index contributed by atoms with van der Waals surface area (Å²) in [7, 11) is 0. The second-order valence-electron chi connectivity index (χ2n) is 4.77. The maximum atomic E-state index is 12.3. The van der Waals surface area contributed by atoms with E-state index in [1.807, 2.05) is 0 Å². The minimum absolute atomic E-state index is 0.184. The predicted molar refractivity (Wildman–Crippen MR) is 76.3 cm³/mol. The summed E-state index contributed by atoms with van der Waals surface area (Å²) >= 11 is -1.55. The summed E-state index contributed by atoms with van der Waals surface area (Å²) in [5, 5.41) is 0. The van der Waals surface area contributed by atoms with E-state index in [9.17, 15) is 4.39 Å². The third-order valence-electron chi connectivity index (χ3n) is 3.35. The van der Waals surface area contributed by atoms with Crippen molar-refractivity contribution in [1.82, 2.24) is 0 Å². The molecule has 1 aromatic rings. The standard InChI is InChI=1S/C9H10F.2C3H7.In/c10-8-4-7-9-5-2-1-3-6-9;2*1-3-2;/h1-3,5H,4,7-8H2;2*1,3H2,2H3;. The first-order valence-electron chi connectivity index (χ1n) is 6.97. The molecule has 1 rings (SSSR count). The van der Waals surface area contributed by atoms with Crippen LogP contribution in [0.3, 0.4) is 0 Å². The first-order chi connectivity index (χ1) is 8.33. The molecule has 0 bridgehead atoms. The number of halogens is 1. The second kappa shape index (κ2) is 9.02. The third kappa shape index (κ3) is 5.03. The minimum atomic E-state index is -1.55. The van der Waals surface area contributed by atoms with Gasteiger partial charge in [0.15, 0.2) is 0 Å². The van der Waals surface area contributed by atoms with Crippen molar-refractivity contribution in [2.24, 2.45) is 0 Å². The van der Waals surface area contributed by atoms with Crippen molar-refractivity contribution in [3.8, 4) is 0 Å². The molecule has 0 saturated carbocycles. The molecule has 0 radical (unpaired) electrons. The Bertz CT molecular complexity index is 306. The predicted octanol–water partition coefficient (Wildman–Crippen LogP) is 4.11. The molecule has 0 nitrogen and oxygen atoms in total. The van der Waals surface area contributed by atoms with Crippen molar-refractivity contribution in [2.45, 2.75) is 47.9 Å². The SMILES string of the molecule is CC[CH2][In]([CH2]CC)[c]1ccccc1CCCF. The fourth-order valence-electron chi connectivity index (χ4n) is 2.57. The molecule has 2 heteroatoms. The van der Waals surface area contributed by atoms with Gasteiger partial charge >= 0.3 is 114 Å². The van der Waals surface area contributed by atoms with E-state index in [4.69, 9.17) is 0 Å². The number of hydrogen-bond acceptors (Lipinski definition) is 0. The van der Waals surface area contributed by atoms with E-state index in [0.29, 0.717) is 6.42 Å². The van der Waals surface area contributed by atoms with Crippen LogP contribution in [0.4, 0.5) is 4.39 Å². The molecule has 0 aliphatic heterocycles. The summed E-state index contributed by atoms with van der Waals surface area (Å²) in [6.07, 6.45) is 4.26. The van der Waals surface area contributed by atoms with Crippen LogP contribution in [0.2, 0.25) is 8.35 Å². The van der Waals surface area contributed by atoms with Crippen molar-refractivity contribution in [3.05, 3.63) is 29.8 Å². The molecule has 94 valence electrons. The van der Waals surface area contributed by atoms with Gasteiger partial charge in [0.1, 0.15) is 0 Å². The van der Waals surface area contributed by atoms with Gasteiger partial charge in [-0.15, -0.1) is 0 Å². The number of hydrogen-bond donors (Lipinski definition) is 0. The van der Waals surface area contributed by atoms with Crippen LogP contribution < -0.4 is 3.32 Å². The quantitative estimate of drug-likeness (QED) is 0.669. The van der Waals surface area contributed by atoms with E-state index in [2.05, 4.69) is 38.1 Å². The fraction of sp³-hybridized carbons (Fsp3) is 0.600. The Balaban J connectivity index is 2.83. The van der Waals surface area contributed by atoms with Crippen LogP contribution in [-0.2, 0) is 6.42 Å². The van der Waals surface area contributed by atoms with Crippen molar-refractivity contribution in [1.29, 1.82) is 0 Å². The normalized spacial score (nSPS) is 10.5. The fourth-order valence-corrected chi connectivity index (χ4v) is 12.4. The molecule has 17 heavy (non-hydrogen) atoms. The van der Waals surface area contributed by atoms with Crippen molar-refractivity contribution >= 4 is 24.8 Å². The molecule has 0 saturated heterocycles. The molecule has 1 aromatic carbocycles. The molecule has 0 amide bonds. The monoisotopic (exact) mass is 338 g/mol. The molecule has 0 aliphatic rings. The maximum absolute atomic E-state index is 12.3. The zero-order valence-electron chi connectivity index (χ0n) is 11.2. The summed E-state index contributed by atoms with van der Waals surface area (Å²) < 4.78 is 16.9. The number of benzene rings is 1. The zero-order chi connectivity index (χ0) is 12.5. The Morgan fingerprint density at radius 2 is 1.71 bits per heavy atom. The topological polar surface area (TPSA) is 0 Å². The summed E-state index contributed by atoms with van der Waals surface area (Å²) in [4.78, 5) is 0. The van der Waals surface area contributed by atoms with E-state index >= 15 is 0 Å². The van der Waals surface area contributed by atoms with Gasteiger partial charge in [-0.2, -0.15) is 0 Å². The summed E-state index contributed by atoms with van der Waals surface area (Å²) in [5.74, 6) is 0. The molecule has 0 unspecified atom stereocenters. The van der Waals surface area contributed by atoms with Gasteiger partial charge in [-0.3, -0.25) is 0 Å². The van der Waals surface area contributed by atoms with Gasteiger partial charge in [0, 0.05) is 0 Å². The van der Waals surface area contributed by atoms with Crippen LogP contribution in [0.25, 0.3) is 0 Å². The average Bonchev–Trinajstić information content (AvgIpc) is 2.36. The Kier molecular flexibility index (Phi) is 8.00. The molecule has 0 fully saturated rings. The van der Waals surface area contributed by atoms with Crippen molar-refractivity contribution in [3.63, 3.8) is 0 Å². The van der Waals surface area contributed by atoms with Gasteiger partial charge < -0.3 is 0 Å². The Morgan fingerprint density at radius 3 is 2.29 bits per heavy atom. The molecule has 0 aromatic heterocycles. The summed E-state index contributed by atoms with van der Waals surface area (Å²) in [6, 6.07) is 8.83. The van der Waals surface area contributed by atoms with Crippen LogP contribution >= 0.6 is 0 Å². The third-order valence-corrected chi connectivity index (χ3v) is 14.7. The summed E-state index contributed by atoms with van der Waals surface area (Å²) in [6.45, 7) is 4.41. The van der Waals surface area contributed by atoms with Gasteiger partial charge in [-0.25, -0.2) is 0 Å². The molecule has 0 atom stereocenters. The van der Waals surface area contributed by atoms with Gasteiger partial charge in [-0.05, 0) is 0 Å². The molecule has 0 spiro atoms. The number of alkyl halides is 1. The Hall–Kier alpha value is 0.0201. The van der Waals surface area contributed by atoms with Crippen LogP contribution in [0.15, 0.2) is 24.3 Å². The van der Waals surface area contributed by atoms with E-state index < -0.39 is 21.4 Å². The summed E-state index contributed by atoms with van der Waals surface area (Å²) in [5.41, 5.74) is 1.45. The zero-order valence-corrected chi connectivity index (χ0v) is 14.5. The van der Waals surface area contributed by atoms with E-state index in [1.54, 1.807) is 3.32 Å². The van der Waals surface area contributed by atoms with E-state index in [-0.39, 0.29) is 6.67 Å².